The third-order valence-electron chi connectivity index (χ3n) is 3.13. The number of methoxy groups -OCH3 is 1. The molecule has 0 radical (unpaired) electrons. The van der Waals surface area contributed by atoms with E-state index in [0.717, 1.165) is 0 Å². The van der Waals surface area contributed by atoms with Crippen LogP contribution in [0.4, 0.5) is 4.79 Å². The zero-order valence-electron chi connectivity index (χ0n) is 14.2. The van der Waals surface area contributed by atoms with E-state index in [-0.39, 0.29) is 17.9 Å². The number of carbonyl (C=O) groups excluding carboxylic acids is 2. The summed E-state index contributed by atoms with van der Waals surface area (Å²) in [4.78, 5) is 23.4. The molecule has 0 bridgehead atoms. The minimum absolute atomic E-state index is 0.230. The summed E-state index contributed by atoms with van der Waals surface area (Å²) in [6.45, 7) is 1.94. The number of hydrazone groups is 1. The summed E-state index contributed by atoms with van der Waals surface area (Å²) in [6, 6.07) is 11.4. The van der Waals surface area contributed by atoms with E-state index in [4.69, 9.17) is 21.1 Å². The average Bonchev–Trinajstić information content (AvgIpc) is 2.63. The first-order chi connectivity index (χ1) is 12.5. The number of carbonyl (C=O) groups is 2. The first kappa shape index (κ1) is 19.3. The molecule has 0 spiro atoms. The van der Waals surface area contributed by atoms with Gasteiger partial charge in [0.15, 0.2) is 11.5 Å². The van der Waals surface area contributed by atoms with Gasteiger partial charge in [-0.3, -0.25) is 0 Å². The van der Waals surface area contributed by atoms with Gasteiger partial charge >= 0.3 is 12.1 Å². The summed E-state index contributed by atoms with van der Waals surface area (Å²) in [6.07, 6.45) is 0.750. The first-order valence-electron chi connectivity index (χ1n) is 7.65. The number of amides is 1. The Morgan fingerprint density at radius 2 is 1.96 bits per heavy atom. The molecule has 0 aliphatic carbocycles. The number of hydrogen-bond acceptors (Lipinski definition) is 6. The van der Waals surface area contributed by atoms with Crippen LogP contribution in [-0.2, 0) is 4.74 Å². The van der Waals surface area contributed by atoms with Crippen molar-refractivity contribution >= 4 is 29.9 Å². The smallest absolute Gasteiger partial charge is 0.427 e. The normalized spacial score (nSPS) is 10.4. The Morgan fingerprint density at radius 3 is 2.65 bits per heavy atom. The molecular formula is C18H17ClN2O5. The second-order valence-corrected chi connectivity index (χ2v) is 5.28. The van der Waals surface area contributed by atoms with Gasteiger partial charge in [-0.1, -0.05) is 23.7 Å². The van der Waals surface area contributed by atoms with Gasteiger partial charge in [0.2, 0.25) is 0 Å². The van der Waals surface area contributed by atoms with Crippen LogP contribution >= 0.6 is 11.6 Å². The van der Waals surface area contributed by atoms with Gasteiger partial charge in [0.1, 0.15) is 0 Å². The molecule has 7 nitrogen and oxygen atoms in total. The van der Waals surface area contributed by atoms with Gasteiger partial charge in [0.05, 0.1) is 30.5 Å². The van der Waals surface area contributed by atoms with Crippen LogP contribution in [0, 0.1) is 0 Å². The van der Waals surface area contributed by atoms with Crippen molar-refractivity contribution in [2.45, 2.75) is 6.92 Å². The third-order valence-corrected chi connectivity index (χ3v) is 3.46. The monoisotopic (exact) mass is 376 g/mol. The van der Waals surface area contributed by atoms with E-state index in [9.17, 15) is 9.59 Å². The number of ether oxygens (including phenoxy) is 3. The number of rotatable bonds is 6. The molecule has 0 fully saturated rings. The molecule has 0 saturated heterocycles. The van der Waals surface area contributed by atoms with Gasteiger partial charge < -0.3 is 14.2 Å². The van der Waals surface area contributed by atoms with Crippen LogP contribution in [0.2, 0.25) is 5.02 Å². The summed E-state index contributed by atoms with van der Waals surface area (Å²) in [7, 11) is 1.44. The van der Waals surface area contributed by atoms with Gasteiger partial charge in [-0.2, -0.15) is 5.10 Å². The van der Waals surface area contributed by atoms with E-state index in [0.29, 0.717) is 16.3 Å². The Hall–Kier alpha value is -3.06. The Labute approximate surface area is 155 Å². The third kappa shape index (κ3) is 5.22. The van der Waals surface area contributed by atoms with Crippen LogP contribution < -0.4 is 14.9 Å². The Kier molecular flexibility index (Phi) is 6.99. The summed E-state index contributed by atoms with van der Waals surface area (Å²) in [5, 5.41) is 4.05. The standard InChI is InChI=1S/C18H17ClN2O5/c1-3-25-18(23)21-20-11-12-8-9-15(16(10-12)24-2)26-17(22)13-6-4-5-7-14(13)19/h4-11H,3H2,1-2H3,(H,21,23)/b20-11-. The highest BCUT2D eigenvalue weighted by atomic mass is 35.5. The van der Waals surface area contributed by atoms with Crippen LogP contribution in [0.5, 0.6) is 11.5 Å². The summed E-state index contributed by atoms with van der Waals surface area (Å²) >= 11 is 6.00. The van der Waals surface area contributed by atoms with Crippen molar-refractivity contribution in [3.05, 3.63) is 58.6 Å². The molecule has 136 valence electrons. The summed E-state index contributed by atoms with van der Waals surface area (Å²) in [5.41, 5.74) is 3.08. The van der Waals surface area contributed by atoms with E-state index in [1.165, 1.54) is 13.3 Å². The number of nitrogens with one attached hydrogen (secondary N) is 1. The number of hydrogen-bond donors (Lipinski definition) is 1. The highest BCUT2D eigenvalue weighted by molar-refractivity contribution is 6.33. The Bertz CT molecular complexity index is 823. The zero-order valence-corrected chi connectivity index (χ0v) is 14.9. The van der Waals surface area contributed by atoms with Gasteiger partial charge in [0.25, 0.3) is 0 Å². The molecule has 1 N–H and O–H groups in total. The number of nitrogens with zero attached hydrogens (tertiary/aromatic N) is 1. The zero-order chi connectivity index (χ0) is 18.9. The van der Waals surface area contributed by atoms with Crippen molar-refractivity contribution in [3.63, 3.8) is 0 Å². The SMILES string of the molecule is CCOC(=O)N/N=C\c1ccc(OC(=O)c2ccccc2Cl)c(OC)c1. The Morgan fingerprint density at radius 1 is 1.19 bits per heavy atom. The highest BCUT2D eigenvalue weighted by Crippen LogP contribution is 2.29. The van der Waals surface area contributed by atoms with Crippen molar-refractivity contribution in [1.82, 2.24) is 5.43 Å². The molecule has 0 aliphatic heterocycles. The molecule has 2 rings (SSSR count). The van der Waals surface area contributed by atoms with Crippen molar-refractivity contribution in [2.24, 2.45) is 5.10 Å². The maximum Gasteiger partial charge on any atom is 0.427 e. The second-order valence-electron chi connectivity index (χ2n) is 4.87. The topological polar surface area (TPSA) is 86.2 Å². The summed E-state index contributed by atoms with van der Waals surface area (Å²) in [5.74, 6) is -0.0438. The summed E-state index contributed by atoms with van der Waals surface area (Å²) < 4.78 is 15.3. The predicted octanol–water partition coefficient (Wildman–Crippen LogP) is 3.65. The van der Waals surface area contributed by atoms with Crippen LogP contribution in [-0.4, -0.2) is 32.0 Å². The van der Waals surface area contributed by atoms with Crippen LogP contribution in [0.1, 0.15) is 22.8 Å². The molecule has 0 aromatic heterocycles. The lowest BCUT2D eigenvalue weighted by Gasteiger charge is -2.10. The lowest BCUT2D eigenvalue weighted by atomic mass is 10.2. The van der Waals surface area contributed by atoms with E-state index in [1.807, 2.05) is 0 Å². The molecule has 0 atom stereocenters. The minimum Gasteiger partial charge on any atom is -0.493 e. The molecule has 0 aliphatic rings. The van der Waals surface area contributed by atoms with Crippen LogP contribution in [0.3, 0.4) is 0 Å². The molecule has 2 aromatic rings. The molecule has 8 heteroatoms. The molecule has 0 heterocycles. The van der Waals surface area contributed by atoms with Gasteiger partial charge in [-0.25, -0.2) is 15.0 Å². The van der Waals surface area contributed by atoms with E-state index >= 15 is 0 Å². The fourth-order valence-electron chi connectivity index (χ4n) is 1.95. The molecule has 2 aromatic carbocycles. The number of benzene rings is 2. The lowest BCUT2D eigenvalue weighted by Crippen LogP contribution is -2.18. The number of esters is 1. The van der Waals surface area contributed by atoms with Crippen molar-refractivity contribution in [3.8, 4) is 11.5 Å². The Balaban J connectivity index is 2.11. The predicted molar refractivity (Wildman–Crippen MR) is 97.2 cm³/mol. The largest absolute Gasteiger partial charge is 0.493 e. The quantitative estimate of drug-likeness (QED) is 0.360. The van der Waals surface area contributed by atoms with Crippen LogP contribution in [0.15, 0.2) is 47.6 Å². The maximum absolute atomic E-state index is 12.2. The molecule has 0 unspecified atom stereocenters. The van der Waals surface area contributed by atoms with Crippen molar-refractivity contribution in [1.29, 1.82) is 0 Å². The van der Waals surface area contributed by atoms with E-state index < -0.39 is 12.1 Å². The lowest BCUT2D eigenvalue weighted by molar-refractivity contribution is 0.0730. The van der Waals surface area contributed by atoms with Crippen LogP contribution in [0.25, 0.3) is 0 Å². The highest BCUT2D eigenvalue weighted by Gasteiger charge is 2.15. The van der Waals surface area contributed by atoms with Gasteiger partial charge in [-0.15, -0.1) is 0 Å². The fraction of sp³-hybridized carbons (Fsp3) is 0.167. The number of halogens is 1. The minimum atomic E-state index is -0.652. The molecule has 0 saturated carbocycles. The maximum atomic E-state index is 12.2. The fourth-order valence-corrected chi connectivity index (χ4v) is 2.17. The van der Waals surface area contributed by atoms with E-state index in [1.54, 1.807) is 49.4 Å². The van der Waals surface area contributed by atoms with Gasteiger partial charge in [-0.05, 0) is 42.8 Å². The van der Waals surface area contributed by atoms with Crippen molar-refractivity contribution in [2.75, 3.05) is 13.7 Å². The first-order valence-corrected chi connectivity index (χ1v) is 8.03. The molecular weight excluding hydrogens is 360 g/mol. The second kappa shape index (κ2) is 9.43. The molecule has 26 heavy (non-hydrogen) atoms. The van der Waals surface area contributed by atoms with Crippen molar-refractivity contribution < 1.29 is 23.8 Å². The van der Waals surface area contributed by atoms with E-state index in [2.05, 4.69) is 15.3 Å². The molecule has 1 amide bonds. The van der Waals surface area contributed by atoms with Gasteiger partial charge in [0, 0.05) is 0 Å². The average molecular weight is 377 g/mol.